The summed E-state index contributed by atoms with van der Waals surface area (Å²) in [5.74, 6) is -0.848. The Morgan fingerprint density at radius 1 is 0.886 bits per heavy atom. The summed E-state index contributed by atoms with van der Waals surface area (Å²) < 4.78 is 38.2. The van der Waals surface area contributed by atoms with Crippen LogP contribution in [0.3, 0.4) is 0 Å². The van der Waals surface area contributed by atoms with E-state index in [4.69, 9.17) is 9.47 Å². The SMILES string of the molecule is COc1ccc([C@@H]2[C@@H](C(=O)O)N(S(=O)(=O)c3ccccc3)CC(=O)N2c2ccc(OC)cc2)cc1. The van der Waals surface area contributed by atoms with Crippen LogP contribution in [-0.2, 0) is 19.6 Å². The highest BCUT2D eigenvalue weighted by molar-refractivity contribution is 7.89. The van der Waals surface area contributed by atoms with Gasteiger partial charge in [0.2, 0.25) is 15.9 Å². The minimum Gasteiger partial charge on any atom is -0.497 e. The van der Waals surface area contributed by atoms with Gasteiger partial charge in [0.25, 0.3) is 0 Å². The minimum absolute atomic E-state index is 0.0922. The van der Waals surface area contributed by atoms with Crippen molar-refractivity contribution in [3.05, 3.63) is 84.4 Å². The van der Waals surface area contributed by atoms with E-state index in [-0.39, 0.29) is 4.90 Å². The lowest BCUT2D eigenvalue weighted by Gasteiger charge is -2.44. The summed E-state index contributed by atoms with van der Waals surface area (Å²) in [6.45, 7) is -0.632. The first-order chi connectivity index (χ1) is 16.8. The lowest BCUT2D eigenvalue weighted by Crippen LogP contribution is -2.62. The van der Waals surface area contributed by atoms with E-state index < -0.39 is 40.5 Å². The van der Waals surface area contributed by atoms with Gasteiger partial charge in [-0.2, -0.15) is 4.31 Å². The molecule has 1 heterocycles. The van der Waals surface area contributed by atoms with E-state index in [1.807, 2.05) is 0 Å². The molecule has 0 aromatic heterocycles. The average Bonchev–Trinajstić information content (AvgIpc) is 2.88. The number of ether oxygens (including phenoxy) is 2. The summed E-state index contributed by atoms with van der Waals surface area (Å²) in [6.07, 6.45) is 0. The molecule has 4 rings (SSSR count). The maximum absolute atomic E-state index is 13.5. The van der Waals surface area contributed by atoms with Gasteiger partial charge < -0.3 is 19.5 Å². The van der Waals surface area contributed by atoms with E-state index in [2.05, 4.69) is 0 Å². The smallest absolute Gasteiger partial charge is 0.324 e. The predicted octanol–water partition coefficient (Wildman–Crippen LogP) is 2.94. The molecule has 182 valence electrons. The molecule has 2 atom stereocenters. The van der Waals surface area contributed by atoms with Gasteiger partial charge in [-0.1, -0.05) is 30.3 Å². The van der Waals surface area contributed by atoms with Crippen molar-refractivity contribution in [2.24, 2.45) is 0 Å². The number of hydrogen-bond donors (Lipinski definition) is 1. The second kappa shape index (κ2) is 9.77. The Balaban J connectivity index is 1.89. The van der Waals surface area contributed by atoms with Gasteiger partial charge in [0.05, 0.1) is 31.7 Å². The van der Waals surface area contributed by atoms with Crippen molar-refractivity contribution in [3.63, 3.8) is 0 Å². The molecule has 0 unspecified atom stereocenters. The first-order valence-electron chi connectivity index (χ1n) is 10.7. The lowest BCUT2D eigenvalue weighted by molar-refractivity contribution is -0.144. The highest BCUT2D eigenvalue weighted by Crippen LogP contribution is 2.39. The van der Waals surface area contributed by atoms with E-state index in [1.165, 1.54) is 31.3 Å². The third-order valence-corrected chi connectivity index (χ3v) is 7.70. The standard InChI is InChI=1S/C25H24N2O7S/c1-33-19-12-8-17(9-13-19)23-24(25(29)30)26(35(31,32)21-6-4-3-5-7-21)16-22(28)27(23)18-10-14-20(34-2)15-11-18/h3-15,23-24H,16H2,1-2H3,(H,29,30)/t23-,24+/m1/s1. The summed E-state index contributed by atoms with van der Waals surface area (Å²) in [4.78, 5) is 27.4. The van der Waals surface area contributed by atoms with Crippen LogP contribution >= 0.6 is 0 Å². The number of carbonyl (C=O) groups excluding carboxylic acids is 1. The van der Waals surface area contributed by atoms with E-state index in [9.17, 15) is 23.1 Å². The highest BCUT2D eigenvalue weighted by Gasteiger charge is 2.51. The molecule has 1 aliphatic rings. The molecular weight excluding hydrogens is 472 g/mol. The van der Waals surface area contributed by atoms with E-state index >= 15 is 0 Å². The summed E-state index contributed by atoms with van der Waals surface area (Å²) in [5.41, 5.74) is 0.856. The number of aliphatic carboxylic acids is 1. The van der Waals surface area contributed by atoms with Gasteiger partial charge in [-0.05, 0) is 54.1 Å². The maximum Gasteiger partial charge on any atom is 0.324 e. The molecule has 0 aliphatic carbocycles. The number of hydrogen-bond acceptors (Lipinski definition) is 6. The van der Waals surface area contributed by atoms with Crippen LogP contribution in [0.2, 0.25) is 0 Å². The van der Waals surface area contributed by atoms with Gasteiger partial charge >= 0.3 is 5.97 Å². The van der Waals surface area contributed by atoms with Crippen LogP contribution in [0.4, 0.5) is 5.69 Å². The molecule has 3 aromatic rings. The molecule has 1 amide bonds. The van der Waals surface area contributed by atoms with Gasteiger partial charge in [-0.25, -0.2) is 8.42 Å². The van der Waals surface area contributed by atoms with Crippen molar-refractivity contribution < 1.29 is 32.6 Å². The third-order valence-electron chi connectivity index (χ3n) is 5.86. The zero-order chi connectivity index (χ0) is 25.2. The molecule has 0 radical (unpaired) electrons. The molecule has 0 bridgehead atoms. The molecule has 10 heteroatoms. The molecule has 35 heavy (non-hydrogen) atoms. The van der Waals surface area contributed by atoms with Gasteiger partial charge in [0, 0.05) is 5.69 Å². The van der Waals surface area contributed by atoms with Crippen molar-refractivity contribution in [3.8, 4) is 11.5 Å². The molecular formula is C25H24N2O7S. The number of rotatable bonds is 7. The topological polar surface area (TPSA) is 113 Å². The zero-order valence-electron chi connectivity index (χ0n) is 19.1. The van der Waals surface area contributed by atoms with Crippen molar-refractivity contribution in [2.45, 2.75) is 17.0 Å². The summed E-state index contributed by atoms with van der Waals surface area (Å²) in [6, 6.07) is 17.8. The maximum atomic E-state index is 13.5. The van der Waals surface area contributed by atoms with Crippen molar-refractivity contribution in [1.29, 1.82) is 0 Å². The molecule has 9 nitrogen and oxygen atoms in total. The van der Waals surface area contributed by atoms with Crippen LogP contribution < -0.4 is 14.4 Å². The Bertz CT molecular complexity index is 1310. The average molecular weight is 497 g/mol. The number of benzene rings is 3. The van der Waals surface area contributed by atoms with Crippen molar-refractivity contribution in [2.75, 3.05) is 25.7 Å². The summed E-state index contributed by atoms with van der Waals surface area (Å²) in [5, 5.41) is 10.3. The van der Waals surface area contributed by atoms with E-state index in [0.717, 1.165) is 4.31 Å². The van der Waals surface area contributed by atoms with Crippen LogP contribution in [0.5, 0.6) is 11.5 Å². The number of methoxy groups -OCH3 is 2. The number of nitrogens with zero attached hydrogens (tertiary/aromatic N) is 2. The fourth-order valence-electron chi connectivity index (χ4n) is 4.16. The summed E-state index contributed by atoms with van der Waals surface area (Å²) in [7, 11) is -1.29. The Kier molecular flexibility index (Phi) is 6.77. The zero-order valence-corrected chi connectivity index (χ0v) is 19.9. The number of anilines is 1. The minimum atomic E-state index is -4.30. The molecule has 1 aliphatic heterocycles. The van der Waals surface area contributed by atoms with Crippen LogP contribution in [-0.4, -0.2) is 56.5 Å². The van der Waals surface area contributed by atoms with E-state index in [1.54, 1.807) is 66.7 Å². The molecule has 1 N–H and O–H groups in total. The highest BCUT2D eigenvalue weighted by atomic mass is 32.2. The summed E-state index contributed by atoms with van der Waals surface area (Å²) >= 11 is 0. The number of sulfonamides is 1. The number of carbonyl (C=O) groups is 2. The quantitative estimate of drug-likeness (QED) is 0.535. The number of amides is 1. The normalized spacial score (nSPS) is 18.8. The molecule has 0 spiro atoms. The lowest BCUT2D eigenvalue weighted by atomic mass is 9.94. The molecule has 1 fully saturated rings. The van der Waals surface area contributed by atoms with Crippen LogP contribution in [0.15, 0.2) is 83.8 Å². The Morgan fingerprint density at radius 2 is 1.43 bits per heavy atom. The van der Waals surface area contributed by atoms with Crippen LogP contribution in [0.1, 0.15) is 11.6 Å². The van der Waals surface area contributed by atoms with Crippen LogP contribution in [0.25, 0.3) is 0 Å². The second-order valence-corrected chi connectivity index (χ2v) is 9.72. The molecule has 3 aromatic carbocycles. The number of carboxylic acids is 1. The van der Waals surface area contributed by atoms with Crippen molar-refractivity contribution >= 4 is 27.6 Å². The third kappa shape index (κ3) is 4.58. The van der Waals surface area contributed by atoms with Crippen LogP contribution in [0, 0.1) is 0 Å². The fraction of sp³-hybridized carbons (Fsp3) is 0.200. The largest absolute Gasteiger partial charge is 0.497 e. The first kappa shape index (κ1) is 24.2. The molecule has 0 saturated carbocycles. The Hall–Kier alpha value is -3.89. The van der Waals surface area contributed by atoms with Gasteiger partial charge in [0.1, 0.15) is 17.5 Å². The molecule has 1 saturated heterocycles. The monoisotopic (exact) mass is 496 g/mol. The number of carboxylic acid groups (broad SMARTS) is 1. The second-order valence-electron chi connectivity index (χ2n) is 7.83. The van der Waals surface area contributed by atoms with Gasteiger partial charge in [-0.15, -0.1) is 0 Å². The van der Waals surface area contributed by atoms with Crippen molar-refractivity contribution in [1.82, 2.24) is 4.31 Å². The van der Waals surface area contributed by atoms with Gasteiger partial charge in [0.15, 0.2) is 0 Å². The first-order valence-corrected chi connectivity index (χ1v) is 12.1. The predicted molar refractivity (Wildman–Crippen MR) is 128 cm³/mol. The van der Waals surface area contributed by atoms with Gasteiger partial charge in [-0.3, -0.25) is 9.59 Å². The Labute approximate surface area is 203 Å². The Morgan fingerprint density at radius 3 is 1.94 bits per heavy atom. The van der Waals surface area contributed by atoms with E-state index in [0.29, 0.717) is 22.7 Å². The number of piperazine rings is 1. The fourth-order valence-corrected chi connectivity index (χ4v) is 5.72.